The first-order chi connectivity index (χ1) is 9.83. The predicted molar refractivity (Wildman–Crippen MR) is 80.4 cm³/mol. The summed E-state index contributed by atoms with van der Waals surface area (Å²) in [6, 6.07) is 6.32. The number of rotatable bonds is 5. The van der Waals surface area contributed by atoms with Gasteiger partial charge >= 0.3 is 0 Å². The van der Waals surface area contributed by atoms with Crippen molar-refractivity contribution in [1.29, 1.82) is 0 Å². The van der Waals surface area contributed by atoms with E-state index in [2.05, 4.69) is 9.82 Å². The minimum Gasteiger partial charge on any atom is -0.388 e. The summed E-state index contributed by atoms with van der Waals surface area (Å²) in [7, 11) is -1.98. The van der Waals surface area contributed by atoms with E-state index in [1.54, 1.807) is 37.0 Å². The summed E-state index contributed by atoms with van der Waals surface area (Å²) in [4.78, 5) is 0.121. The lowest BCUT2D eigenvalue weighted by Crippen LogP contribution is -2.13. The van der Waals surface area contributed by atoms with Gasteiger partial charge in [-0.25, -0.2) is 8.42 Å². The van der Waals surface area contributed by atoms with Gasteiger partial charge in [0.15, 0.2) is 0 Å². The maximum Gasteiger partial charge on any atom is 0.262 e. The second kappa shape index (κ2) is 5.87. The van der Waals surface area contributed by atoms with Gasteiger partial charge in [0.2, 0.25) is 0 Å². The molecule has 1 atom stereocenters. The van der Waals surface area contributed by atoms with Crippen LogP contribution in [0.25, 0.3) is 0 Å². The van der Waals surface area contributed by atoms with E-state index < -0.39 is 16.1 Å². The summed E-state index contributed by atoms with van der Waals surface area (Å²) < 4.78 is 28.9. The molecule has 21 heavy (non-hydrogen) atoms. The first-order valence-corrected chi connectivity index (χ1v) is 8.13. The fourth-order valence-corrected chi connectivity index (χ4v) is 3.18. The van der Waals surface area contributed by atoms with Crippen LogP contribution in [-0.4, -0.2) is 23.3 Å². The Morgan fingerprint density at radius 1 is 1.43 bits per heavy atom. The molecule has 6 nitrogen and oxygen atoms in total. The van der Waals surface area contributed by atoms with E-state index in [-0.39, 0.29) is 4.90 Å². The Labute approximate surface area is 124 Å². The van der Waals surface area contributed by atoms with E-state index in [4.69, 9.17) is 0 Å². The van der Waals surface area contributed by atoms with E-state index in [0.29, 0.717) is 23.4 Å². The first kappa shape index (κ1) is 15.5. The largest absolute Gasteiger partial charge is 0.388 e. The molecule has 1 unspecified atom stereocenters. The highest BCUT2D eigenvalue weighted by atomic mass is 32.2. The van der Waals surface area contributed by atoms with Gasteiger partial charge in [0.25, 0.3) is 10.0 Å². The maximum atomic E-state index is 12.4. The van der Waals surface area contributed by atoms with Gasteiger partial charge in [0.05, 0.1) is 22.4 Å². The number of hydrogen-bond donors (Lipinski definition) is 2. The quantitative estimate of drug-likeness (QED) is 0.884. The van der Waals surface area contributed by atoms with E-state index in [0.717, 1.165) is 0 Å². The van der Waals surface area contributed by atoms with Crippen molar-refractivity contribution >= 4 is 15.7 Å². The second-order valence-corrected chi connectivity index (χ2v) is 6.59. The fraction of sp³-hybridized carbons (Fsp3) is 0.357. The second-order valence-electron chi connectivity index (χ2n) is 4.90. The van der Waals surface area contributed by atoms with Crippen molar-refractivity contribution in [3.8, 4) is 0 Å². The van der Waals surface area contributed by atoms with Crippen molar-refractivity contribution in [1.82, 2.24) is 9.78 Å². The van der Waals surface area contributed by atoms with Gasteiger partial charge in [-0.1, -0.05) is 19.1 Å². The molecule has 0 spiro atoms. The van der Waals surface area contributed by atoms with Crippen molar-refractivity contribution in [2.45, 2.75) is 31.3 Å². The van der Waals surface area contributed by atoms with Gasteiger partial charge in [-0.2, -0.15) is 5.10 Å². The molecular weight excluding hydrogens is 290 g/mol. The molecule has 2 aromatic rings. The molecule has 0 saturated carbocycles. The van der Waals surface area contributed by atoms with Gasteiger partial charge in [0.1, 0.15) is 0 Å². The summed E-state index contributed by atoms with van der Waals surface area (Å²) in [5, 5.41) is 13.9. The minimum atomic E-state index is -3.70. The molecule has 2 N–H and O–H groups in total. The summed E-state index contributed by atoms with van der Waals surface area (Å²) in [5.74, 6) is 0. The molecule has 0 amide bonds. The molecule has 0 aliphatic carbocycles. The number of aliphatic hydroxyl groups excluding tert-OH is 1. The smallest absolute Gasteiger partial charge is 0.262 e. The zero-order chi connectivity index (χ0) is 15.6. The highest BCUT2D eigenvalue weighted by Gasteiger charge is 2.18. The Kier molecular flexibility index (Phi) is 4.34. The van der Waals surface area contributed by atoms with Gasteiger partial charge in [-0.15, -0.1) is 0 Å². The zero-order valence-corrected chi connectivity index (χ0v) is 13.1. The third kappa shape index (κ3) is 3.43. The van der Waals surface area contributed by atoms with E-state index in [1.807, 2.05) is 6.92 Å². The van der Waals surface area contributed by atoms with Crippen molar-refractivity contribution < 1.29 is 13.5 Å². The van der Waals surface area contributed by atoms with Gasteiger partial charge < -0.3 is 5.11 Å². The number of nitrogens with zero attached hydrogens (tertiary/aromatic N) is 2. The lowest BCUT2D eigenvalue weighted by atomic mass is 10.1. The number of aromatic nitrogens is 2. The molecule has 0 aliphatic heterocycles. The molecule has 114 valence electrons. The van der Waals surface area contributed by atoms with Crippen LogP contribution in [0.3, 0.4) is 0 Å². The lowest BCUT2D eigenvalue weighted by molar-refractivity contribution is 0.173. The van der Waals surface area contributed by atoms with E-state index >= 15 is 0 Å². The fourth-order valence-electron chi connectivity index (χ4n) is 2.03. The molecule has 0 fully saturated rings. The number of sulfonamides is 1. The van der Waals surface area contributed by atoms with Crippen LogP contribution in [0.1, 0.15) is 30.7 Å². The highest BCUT2D eigenvalue weighted by Crippen LogP contribution is 2.22. The summed E-state index contributed by atoms with van der Waals surface area (Å²) in [6.45, 7) is 3.57. The van der Waals surface area contributed by atoms with Crippen LogP contribution < -0.4 is 4.72 Å². The van der Waals surface area contributed by atoms with Crippen LogP contribution in [0.15, 0.2) is 35.4 Å². The van der Waals surface area contributed by atoms with Crippen LogP contribution in [0.5, 0.6) is 0 Å². The molecule has 0 aliphatic rings. The molecule has 1 aromatic carbocycles. The Morgan fingerprint density at radius 3 is 2.71 bits per heavy atom. The number of benzene rings is 1. The Morgan fingerprint density at radius 2 is 2.14 bits per heavy atom. The first-order valence-electron chi connectivity index (χ1n) is 6.64. The van der Waals surface area contributed by atoms with Crippen molar-refractivity contribution in [3.63, 3.8) is 0 Å². The van der Waals surface area contributed by atoms with Crippen LogP contribution in [0, 0.1) is 6.92 Å². The van der Waals surface area contributed by atoms with Gasteiger partial charge in [0, 0.05) is 13.2 Å². The highest BCUT2D eigenvalue weighted by molar-refractivity contribution is 7.92. The third-order valence-electron chi connectivity index (χ3n) is 3.20. The van der Waals surface area contributed by atoms with Crippen LogP contribution in [-0.2, 0) is 17.1 Å². The molecule has 1 aromatic heterocycles. The van der Waals surface area contributed by atoms with Crippen LogP contribution >= 0.6 is 0 Å². The van der Waals surface area contributed by atoms with Crippen LogP contribution in [0.4, 0.5) is 5.69 Å². The molecule has 2 rings (SSSR count). The third-order valence-corrected chi connectivity index (χ3v) is 4.56. The zero-order valence-electron chi connectivity index (χ0n) is 12.2. The van der Waals surface area contributed by atoms with E-state index in [9.17, 15) is 13.5 Å². The SMILES string of the molecule is CCC(O)c1cccc(S(=O)(=O)Nc2cn(C)nc2C)c1. The monoisotopic (exact) mass is 309 g/mol. The molecule has 7 heteroatoms. The predicted octanol–water partition coefficient (Wildman–Crippen LogP) is 1.97. The molecule has 1 heterocycles. The molecule has 0 radical (unpaired) electrons. The molecule has 0 bridgehead atoms. The normalized spacial score (nSPS) is 13.1. The van der Waals surface area contributed by atoms with Crippen LogP contribution in [0.2, 0.25) is 0 Å². The average molecular weight is 309 g/mol. The van der Waals surface area contributed by atoms with E-state index in [1.165, 1.54) is 12.1 Å². The lowest BCUT2D eigenvalue weighted by Gasteiger charge is -2.11. The summed E-state index contributed by atoms with van der Waals surface area (Å²) >= 11 is 0. The number of hydrogen-bond acceptors (Lipinski definition) is 4. The Hall–Kier alpha value is -1.86. The van der Waals surface area contributed by atoms with Crippen molar-refractivity contribution in [2.75, 3.05) is 4.72 Å². The molecule has 0 saturated heterocycles. The summed E-state index contributed by atoms with van der Waals surface area (Å²) in [6.07, 6.45) is 1.47. The van der Waals surface area contributed by atoms with Gasteiger partial charge in [-0.3, -0.25) is 9.40 Å². The van der Waals surface area contributed by atoms with Crippen molar-refractivity contribution in [3.05, 3.63) is 41.7 Å². The Bertz CT molecular complexity index is 738. The molecular formula is C14H19N3O3S. The average Bonchev–Trinajstić information content (AvgIpc) is 2.75. The maximum absolute atomic E-state index is 12.4. The Balaban J connectivity index is 2.33. The topological polar surface area (TPSA) is 84.2 Å². The number of anilines is 1. The van der Waals surface area contributed by atoms with Gasteiger partial charge in [-0.05, 0) is 31.0 Å². The standard InChI is InChI=1S/C14H19N3O3S/c1-4-14(18)11-6-5-7-12(8-11)21(19,20)16-13-9-17(3)15-10(13)2/h5-9,14,16,18H,4H2,1-3H3. The number of aliphatic hydroxyl groups is 1. The number of nitrogens with one attached hydrogen (secondary N) is 1. The summed E-state index contributed by atoms with van der Waals surface area (Å²) in [5.41, 5.74) is 1.63. The van der Waals surface area contributed by atoms with Crippen molar-refractivity contribution in [2.24, 2.45) is 7.05 Å². The number of aryl methyl sites for hydroxylation is 2. The minimum absolute atomic E-state index is 0.121.